The number of rotatable bonds is 56. The lowest BCUT2D eigenvalue weighted by Gasteiger charge is -2.30. The van der Waals surface area contributed by atoms with E-state index in [0.717, 1.165) is 109 Å². The number of unbranched alkanes of at least 4 members (excludes halogenated alkanes) is 24. The van der Waals surface area contributed by atoms with Gasteiger partial charge in [-0.2, -0.15) is 0 Å². The van der Waals surface area contributed by atoms with Gasteiger partial charge in [-0.3, -0.25) is 14.2 Å². The molecule has 3 atom stereocenters. The number of likely N-dealkylation sites (N-methyl/N-ethyl adjacent to an activating group) is 1. The summed E-state index contributed by atoms with van der Waals surface area (Å²) in [6.07, 6.45) is 77.8. The molecule has 0 heterocycles. The van der Waals surface area contributed by atoms with Gasteiger partial charge in [0.05, 0.1) is 33.8 Å². The van der Waals surface area contributed by atoms with E-state index in [4.69, 9.17) is 13.8 Å². The van der Waals surface area contributed by atoms with Gasteiger partial charge in [0, 0.05) is 12.8 Å². The number of quaternary nitrogens is 1. The maximum atomic E-state index is 13.5. The molecule has 0 rings (SSSR count). The molecule has 448 valence electrons. The fourth-order valence-electron chi connectivity index (χ4n) is 8.55. The molecule has 3 unspecified atom stereocenters. The molecule has 0 bridgehead atoms. The van der Waals surface area contributed by atoms with Gasteiger partial charge < -0.3 is 28.5 Å². The predicted molar refractivity (Wildman–Crippen MR) is 334 cm³/mol. The number of phosphoric ester groups is 1. The third-order valence-electron chi connectivity index (χ3n) is 13.4. The van der Waals surface area contributed by atoms with E-state index in [1.165, 1.54) is 103 Å². The van der Waals surface area contributed by atoms with Crippen LogP contribution in [0.25, 0.3) is 0 Å². The Labute approximate surface area is 481 Å². The standard InChI is InChI=1S/C68H119N2O7P/c1-7-10-13-16-19-22-25-27-29-31-32-33-34-35-36-37-38-39-41-43-46-49-52-55-58-61-68(72)77-66(59-56-53-50-47-44-24-21-18-15-12-9-3)65(64-76-78(73,74)75-63-62-70(4,5)6)69-67(71)60-57-54-51-48-45-42-40-30-28-26-23-20-17-14-11-8-2/h11,14,19-20,22-23,27-30,32-33,35-36,42,45,56,59,65-66H,7-10,12-13,15-18,21,24-26,31,34,37-41,43-44,46-55,57-58,60-64H2,1-6H3,(H-,69,71,73,74)/b14-11+,22-19-,23-20+,29-27-,30-28+,33-32-,36-35-,45-42+,59-56-. The molecule has 0 aliphatic rings. The van der Waals surface area contributed by atoms with Crippen LogP contribution in [0.5, 0.6) is 0 Å². The second-order valence-corrected chi connectivity index (χ2v) is 23.6. The molecule has 0 fully saturated rings. The first-order chi connectivity index (χ1) is 37.9. The van der Waals surface area contributed by atoms with E-state index in [9.17, 15) is 19.0 Å². The number of ether oxygens (including phenoxy) is 1. The van der Waals surface area contributed by atoms with Crippen molar-refractivity contribution in [1.29, 1.82) is 0 Å². The van der Waals surface area contributed by atoms with Gasteiger partial charge in [-0.1, -0.05) is 240 Å². The van der Waals surface area contributed by atoms with Crippen molar-refractivity contribution in [1.82, 2.24) is 5.32 Å². The summed E-state index contributed by atoms with van der Waals surface area (Å²) >= 11 is 0. The van der Waals surface area contributed by atoms with E-state index in [1.807, 2.05) is 33.3 Å². The summed E-state index contributed by atoms with van der Waals surface area (Å²) in [7, 11) is 1.15. The maximum absolute atomic E-state index is 13.5. The number of hydrogen-bond donors (Lipinski definition) is 1. The zero-order valence-electron chi connectivity index (χ0n) is 51.1. The van der Waals surface area contributed by atoms with Gasteiger partial charge in [0.15, 0.2) is 0 Å². The molecule has 10 heteroatoms. The third kappa shape index (κ3) is 57.4. The van der Waals surface area contributed by atoms with Crippen molar-refractivity contribution in [2.75, 3.05) is 40.9 Å². The van der Waals surface area contributed by atoms with Gasteiger partial charge in [0.25, 0.3) is 7.82 Å². The zero-order chi connectivity index (χ0) is 57.2. The summed E-state index contributed by atoms with van der Waals surface area (Å²) in [5.41, 5.74) is 0. The number of carbonyl (C=O) groups is 2. The van der Waals surface area contributed by atoms with Crippen molar-refractivity contribution in [2.24, 2.45) is 0 Å². The van der Waals surface area contributed by atoms with Crippen LogP contribution in [-0.4, -0.2) is 69.4 Å². The first-order valence-electron chi connectivity index (χ1n) is 31.7. The Bertz CT molecular complexity index is 1700. The van der Waals surface area contributed by atoms with E-state index in [1.54, 1.807) is 0 Å². The lowest BCUT2D eigenvalue weighted by molar-refractivity contribution is -0.870. The molecule has 0 aliphatic heterocycles. The van der Waals surface area contributed by atoms with Gasteiger partial charge in [-0.15, -0.1) is 0 Å². The molecule has 0 aromatic rings. The Hall–Kier alpha value is -3.33. The Morgan fingerprint density at radius 1 is 0.462 bits per heavy atom. The zero-order valence-corrected chi connectivity index (χ0v) is 52.0. The van der Waals surface area contributed by atoms with Crippen molar-refractivity contribution in [3.8, 4) is 0 Å². The molecule has 1 N–H and O–H groups in total. The number of nitrogens with one attached hydrogen (secondary N) is 1. The van der Waals surface area contributed by atoms with Gasteiger partial charge in [-0.25, -0.2) is 0 Å². The van der Waals surface area contributed by atoms with Crippen molar-refractivity contribution in [3.63, 3.8) is 0 Å². The van der Waals surface area contributed by atoms with Gasteiger partial charge in [0.2, 0.25) is 5.91 Å². The highest BCUT2D eigenvalue weighted by atomic mass is 31.2. The SMILES string of the molecule is CC/C=C/C/C=C/C/C=C/C/C=C/CCCCCC(=O)NC(COP(=O)([O-])OCC[N+](C)(C)C)C(/C=C\CCCCCCCCCCC)OC(=O)CCCCCCCCCCC/C=C\C/C=C\C/C=C\C/C=C\CCCCC. The van der Waals surface area contributed by atoms with E-state index < -0.39 is 26.6 Å². The fraction of sp³-hybridized carbons (Fsp3) is 0.706. The maximum Gasteiger partial charge on any atom is 0.306 e. The van der Waals surface area contributed by atoms with E-state index >= 15 is 0 Å². The minimum atomic E-state index is -4.71. The number of carbonyl (C=O) groups excluding carboxylic acids is 2. The summed E-state index contributed by atoms with van der Waals surface area (Å²) in [4.78, 5) is 40.0. The number of hydrogen-bond acceptors (Lipinski definition) is 7. The van der Waals surface area contributed by atoms with Gasteiger partial charge >= 0.3 is 5.97 Å². The van der Waals surface area contributed by atoms with E-state index in [2.05, 4.69) is 123 Å². The average molecular weight is 1110 g/mol. The number of allylic oxidation sites excluding steroid dienone is 17. The van der Waals surface area contributed by atoms with Crippen LogP contribution in [0.3, 0.4) is 0 Å². The normalized spacial score (nSPS) is 14.4. The number of phosphoric acid groups is 1. The molecule has 0 radical (unpaired) electrons. The number of esters is 1. The van der Waals surface area contributed by atoms with Gasteiger partial charge in [0.1, 0.15) is 19.3 Å². The summed E-state index contributed by atoms with van der Waals surface area (Å²) < 4.78 is 30.3. The summed E-state index contributed by atoms with van der Waals surface area (Å²) in [5.74, 6) is -0.590. The monoisotopic (exact) mass is 1110 g/mol. The van der Waals surface area contributed by atoms with Crippen molar-refractivity contribution in [2.45, 2.75) is 270 Å². The largest absolute Gasteiger partial charge is 0.756 e. The molecule has 0 aromatic heterocycles. The third-order valence-corrected chi connectivity index (χ3v) is 14.4. The number of amides is 1. The van der Waals surface area contributed by atoms with Crippen LogP contribution in [0.4, 0.5) is 0 Å². The molecule has 0 aromatic carbocycles. The number of nitrogens with zero attached hydrogens (tertiary/aromatic N) is 1. The van der Waals surface area contributed by atoms with Crippen LogP contribution < -0.4 is 10.2 Å². The molecule has 0 saturated heterocycles. The molecule has 0 saturated carbocycles. The van der Waals surface area contributed by atoms with Crippen LogP contribution in [0.1, 0.15) is 258 Å². The Morgan fingerprint density at radius 2 is 0.821 bits per heavy atom. The first kappa shape index (κ1) is 74.7. The average Bonchev–Trinajstić information content (AvgIpc) is 3.40. The molecule has 78 heavy (non-hydrogen) atoms. The molecule has 1 amide bonds. The van der Waals surface area contributed by atoms with Crippen LogP contribution >= 0.6 is 7.82 Å². The topological polar surface area (TPSA) is 114 Å². The predicted octanol–water partition coefficient (Wildman–Crippen LogP) is 19.1. The second-order valence-electron chi connectivity index (χ2n) is 22.2. The van der Waals surface area contributed by atoms with E-state index in [-0.39, 0.29) is 31.3 Å². The minimum Gasteiger partial charge on any atom is -0.756 e. The molecule has 0 aliphatic carbocycles. The minimum absolute atomic E-state index is 0.0351. The van der Waals surface area contributed by atoms with Crippen LogP contribution in [0.15, 0.2) is 109 Å². The highest BCUT2D eigenvalue weighted by Crippen LogP contribution is 2.38. The van der Waals surface area contributed by atoms with Crippen LogP contribution in [0, 0.1) is 0 Å². The fourth-order valence-corrected chi connectivity index (χ4v) is 9.28. The Kier molecular flexibility index (Phi) is 54.5. The quantitative estimate of drug-likeness (QED) is 0.0212. The first-order valence-corrected chi connectivity index (χ1v) is 33.2. The van der Waals surface area contributed by atoms with Crippen molar-refractivity contribution in [3.05, 3.63) is 109 Å². The summed E-state index contributed by atoms with van der Waals surface area (Å²) in [6.45, 7) is 6.65. The summed E-state index contributed by atoms with van der Waals surface area (Å²) in [6, 6.07) is -0.914. The highest BCUT2D eigenvalue weighted by molar-refractivity contribution is 7.45. The smallest absolute Gasteiger partial charge is 0.306 e. The van der Waals surface area contributed by atoms with E-state index in [0.29, 0.717) is 23.9 Å². The lowest BCUT2D eigenvalue weighted by Crippen LogP contribution is -2.47. The highest BCUT2D eigenvalue weighted by Gasteiger charge is 2.27. The van der Waals surface area contributed by atoms with Gasteiger partial charge in [-0.05, 0) is 115 Å². The Balaban J connectivity index is 5.19. The lowest BCUT2D eigenvalue weighted by atomic mass is 10.1. The van der Waals surface area contributed by atoms with Crippen molar-refractivity contribution >= 4 is 19.7 Å². The Morgan fingerprint density at radius 3 is 1.27 bits per heavy atom. The molecular weight excluding hydrogens is 988 g/mol. The van der Waals surface area contributed by atoms with Crippen LogP contribution in [-0.2, 0) is 27.9 Å². The van der Waals surface area contributed by atoms with Crippen molar-refractivity contribution < 1.29 is 37.3 Å². The molecular formula is C68H119N2O7P. The second kappa shape index (κ2) is 56.9. The van der Waals surface area contributed by atoms with Crippen LogP contribution in [0.2, 0.25) is 0 Å². The molecule has 9 nitrogen and oxygen atoms in total. The molecule has 0 spiro atoms. The summed E-state index contributed by atoms with van der Waals surface area (Å²) in [5, 5.41) is 3.00.